The lowest BCUT2D eigenvalue weighted by atomic mass is 9.77. The van der Waals surface area contributed by atoms with Crippen LogP contribution in [0.25, 0.3) is 0 Å². The Kier molecular flexibility index (Phi) is 4.20. The van der Waals surface area contributed by atoms with E-state index in [2.05, 4.69) is 9.88 Å². The maximum absolute atomic E-state index is 14.2. The lowest BCUT2D eigenvalue weighted by molar-refractivity contribution is 0.137. The number of aromatic nitrogens is 2. The topological polar surface area (TPSA) is 55.0 Å². The summed E-state index contributed by atoms with van der Waals surface area (Å²) >= 11 is 0. The van der Waals surface area contributed by atoms with Gasteiger partial charge in [0.25, 0.3) is 0 Å². The number of rotatable bonds is 3. The Balaban J connectivity index is 1.28. The molecule has 27 heavy (non-hydrogen) atoms. The van der Waals surface area contributed by atoms with E-state index in [0.717, 1.165) is 49.9 Å². The number of hydrogen-bond acceptors (Lipinski definition) is 4. The number of halogens is 2. The lowest BCUT2D eigenvalue weighted by Gasteiger charge is -2.38. The molecule has 0 saturated heterocycles. The average molecular weight is 370 g/mol. The van der Waals surface area contributed by atoms with E-state index in [1.54, 1.807) is 0 Å². The van der Waals surface area contributed by atoms with Crippen LogP contribution in [0.5, 0.6) is 0 Å². The first kappa shape index (κ1) is 17.2. The summed E-state index contributed by atoms with van der Waals surface area (Å²) in [6.07, 6.45) is 6.90. The van der Waals surface area contributed by atoms with Crippen molar-refractivity contribution in [2.45, 2.75) is 69.1 Å². The minimum atomic E-state index is -0.402. The first-order chi connectivity index (χ1) is 13.1. The van der Waals surface area contributed by atoms with Crippen molar-refractivity contribution in [1.29, 1.82) is 0 Å². The van der Waals surface area contributed by atoms with E-state index in [1.165, 1.54) is 30.5 Å². The van der Waals surface area contributed by atoms with Crippen LogP contribution in [0.3, 0.4) is 0 Å². The summed E-state index contributed by atoms with van der Waals surface area (Å²) in [6, 6.07) is 3.86. The van der Waals surface area contributed by atoms with Gasteiger partial charge in [-0.1, -0.05) is 0 Å². The Bertz CT molecular complexity index is 867. The highest BCUT2D eigenvalue weighted by Crippen LogP contribution is 2.40. The van der Waals surface area contributed by atoms with Crippen LogP contribution in [0.1, 0.15) is 66.6 Å². The van der Waals surface area contributed by atoms with Gasteiger partial charge >= 0.3 is 0 Å². The van der Waals surface area contributed by atoms with Gasteiger partial charge < -0.3 is 5.73 Å². The first-order valence-electron chi connectivity index (χ1n) is 9.87. The predicted molar refractivity (Wildman–Crippen MR) is 98.0 cm³/mol. The smallest absolute Gasteiger partial charge is 0.131 e. The molecule has 0 radical (unpaired) electrons. The molecule has 0 spiro atoms. The summed E-state index contributed by atoms with van der Waals surface area (Å²) in [5.41, 5.74) is 9.21. The molecule has 2 aliphatic carbocycles. The zero-order valence-corrected chi connectivity index (χ0v) is 15.2. The van der Waals surface area contributed by atoms with Crippen molar-refractivity contribution < 1.29 is 8.78 Å². The van der Waals surface area contributed by atoms with Gasteiger partial charge in [0.15, 0.2) is 0 Å². The van der Waals surface area contributed by atoms with Crippen LogP contribution in [0.4, 0.5) is 8.78 Å². The molecule has 142 valence electrons. The molecule has 2 N–H and O–H groups in total. The van der Waals surface area contributed by atoms with Crippen molar-refractivity contribution in [2.75, 3.05) is 0 Å². The van der Waals surface area contributed by atoms with E-state index in [0.29, 0.717) is 17.5 Å². The Morgan fingerprint density at radius 2 is 1.93 bits per heavy atom. The molecule has 1 aromatic carbocycles. The van der Waals surface area contributed by atoms with E-state index in [-0.39, 0.29) is 17.8 Å². The second-order valence-electron chi connectivity index (χ2n) is 8.28. The normalized spacial score (nSPS) is 28.3. The maximum Gasteiger partial charge on any atom is 0.131 e. The molecule has 5 rings (SSSR count). The van der Waals surface area contributed by atoms with Crippen molar-refractivity contribution in [2.24, 2.45) is 5.73 Å². The summed E-state index contributed by atoms with van der Waals surface area (Å²) < 4.78 is 27.7. The summed E-state index contributed by atoms with van der Waals surface area (Å²) in [4.78, 5) is 11.7. The summed E-state index contributed by atoms with van der Waals surface area (Å²) in [5.74, 6) is 0.683. The third-order valence-electron chi connectivity index (χ3n) is 6.39. The van der Waals surface area contributed by atoms with Crippen molar-refractivity contribution in [3.63, 3.8) is 0 Å². The number of nitrogens with two attached hydrogens (primary N) is 1. The summed E-state index contributed by atoms with van der Waals surface area (Å²) in [5, 5.41) is 0. The fourth-order valence-electron chi connectivity index (χ4n) is 4.69. The number of nitrogens with zero attached hydrogens (tertiary/aromatic N) is 3. The maximum atomic E-state index is 14.2. The molecule has 4 nitrogen and oxygen atoms in total. The zero-order chi connectivity index (χ0) is 18.5. The third-order valence-corrected chi connectivity index (χ3v) is 6.39. The number of benzene rings is 1. The van der Waals surface area contributed by atoms with Gasteiger partial charge in [-0.3, -0.25) is 4.90 Å². The van der Waals surface area contributed by atoms with Gasteiger partial charge in [0.05, 0.1) is 5.69 Å². The summed E-state index contributed by atoms with van der Waals surface area (Å²) in [7, 11) is 0. The van der Waals surface area contributed by atoms with Gasteiger partial charge in [-0.15, -0.1) is 0 Å². The molecule has 2 saturated carbocycles. The Morgan fingerprint density at radius 3 is 2.70 bits per heavy atom. The van der Waals surface area contributed by atoms with Crippen molar-refractivity contribution in [3.05, 3.63) is 58.7 Å². The second-order valence-corrected chi connectivity index (χ2v) is 8.28. The molecule has 3 aliphatic rings. The first-order valence-corrected chi connectivity index (χ1v) is 9.87. The van der Waals surface area contributed by atoms with Crippen LogP contribution in [0, 0.1) is 11.6 Å². The standard InChI is InChI=1S/C21H24F2N4/c22-14-3-6-18(23)17(7-14)16-5-4-15(8-19(16)24)27-10-13-9-25-21(12-1-2-12)26-20(13)11-27/h3,6-7,9,12,15-16,19H,1-2,4-5,8,10-11,24H2/t15-,16+,19-/m0/s1. The highest BCUT2D eigenvalue weighted by molar-refractivity contribution is 5.27. The van der Waals surface area contributed by atoms with Crippen molar-refractivity contribution >= 4 is 0 Å². The summed E-state index contributed by atoms with van der Waals surface area (Å²) in [6.45, 7) is 1.70. The molecule has 2 heterocycles. The molecule has 1 aromatic heterocycles. The van der Waals surface area contributed by atoms with Gasteiger partial charge in [0.1, 0.15) is 17.5 Å². The highest BCUT2D eigenvalue weighted by atomic mass is 19.1. The molecule has 2 fully saturated rings. The molecular weight excluding hydrogens is 346 g/mol. The van der Waals surface area contributed by atoms with E-state index < -0.39 is 5.82 Å². The molecule has 1 aliphatic heterocycles. The van der Waals surface area contributed by atoms with Crippen molar-refractivity contribution in [3.8, 4) is 0 Å². The quantitative estimate of drug-likeness (QED) is 0.897. The van der Waals surface area contributed by atoms with Crippen LogP contribution >= 0.6 is 0 Å². The zero-order valence-electron chi connectivity index (χ0n) is 15.2. The van der Waals surface area contributed by atoms with E-state index in [9.17, 15) is 8.78 Å². The van der Waals surface area contributed by atoms with E-state index in [4.69, 9.17) is 10.7 Å². The van der Waals surface area contributed by atoms with Gasteiger partial charge in [-0.25, -0.2) is 18.7 Å². The SMILES string of the molecule is N[C@H]1C[C@@H](N2Cc3cnc(C4CC4)nc3C2)CC[C@@H]1c1cc(F)ccc1F. The predicted octanol–water partition coefficient (Wildman–Crippen LogP) is 3.61. The van der Waals surface area contributed by atoms with E-state index >= 15 is 0 Å². The molecule has 0 unspecified atom stereocenters. The molecular formula is C21H24F2N4. The fraction of sp³-hybridized carbons (Fsp3) is 0.524. The van der Waals surface area contributed by atoms with Gasteiger partial charge in [-0.2, -0.15) is 0 Å². The van der Waals surface area contributed by atoms with Gasteiger partial charge in [0, 0.05) is 48.8 Å². The average Bonchev–Trinajstić information content (AvgIpc) is 3.42. The van der Waals surface area contributed by atoms with Crippen LogP contribution in [0.2, 0.25) is 0 Å². The molecule has 2 aromatic rings. The van der Waals surface area contributed by atoms with Crippen LogP contribution < -0.4 is 5.73 Å². The Hall–Kier alpha value is -1.92. The third kappa shape index (κ3) is 3.25. The Morgan fingerprint density at radius 1 is 1.07 bits per heavy atom. The fourth-order valence-corrected chi connectivity index (χ4v) is 4.69. The molecule has 0 bridgehead atoms. The number of hydrogen-bond donors (Lipinski definition) is 1. The van der Waals surface area contributed by atoms with Crippen LogP contribution in [-0.4, -0.2) is 27.0 Å². The molecule has 3 atom stereocenters. The Labute approximate surface area is 157 Å². The van der Waals surface area contributed by atoms with Crippen LogP contribution in [-0.2, 0) is 13.1 Å². The van der Waals surface area contributed by atoms with Gasteiger partial charge in [0.2, 0.25) is 0 Å². The second kappa shape index (κ2) is 6.60. The number of fused-ring (bicyclic) bond motifs is 1. The van der Waals surface area contributed by atoms with E-state index in [1.807, 2.05) is 6.20 Å². The minimum absolute atomic E-state index is 0.122. The largest absolute Gasteiger partial charge is 0.327 e. The molecule has 0 amide bonds. The minimum Gasteiger partial charge on any atom is -0.327 e. The van der Waals surface area contributed by atoms with Crippen molar-refractivity contribution in [1.82, 2.24) is 14.9 Å². The van der Waals surface area contributed by atoms with Crippen LogP contribution in [0.15, 0.2) is 24.4 Å². The lowest BCUT2D eigenvalue weighted by Crippen LogP contribution is -2.44. The monoisotopic (exact) mass is 370 g/mol. The molecule has 6 heteroatoms. The van der Waals surface area contributed by atoms with Gasteiger partial charge in [-0.05, 0) is 55.9 Å². The highest BCUT2D eigenvalue weighted by Gasteiger charge is 2.36.